The van der Waals surface area contributed by atoms with Crippen LogP contribution in [0.15, 0.2) is 34.5 Å². The summed E-state index contributed by atoms with van der Waals surface area (Å²) >= 11 is 8.15. The number of benzene rings is 1. The van der Waals surface area contributed by atoms with Crippen LogP contribution < -0.4 is 5.32 Å². The first kappa shape index (κ1) is 22.2. The summed E-state index contributed by atoms with van der Waals surface area (Å²) in [6, 6.07) is 8.06. The van der Waals surface area contributed by atoms with Crippen LogP contribution in [0.5, 0.6) is 0 Å². The molecule has 0 aliphatic carbocycles. The molecule has 0 bridgehead atoms. The van der Waals surface area contributed by atoms with Crippen molar-refractivity contribution in [2.75, 3.05) is 25.5 Å². The first-order chi connectivity index (χ1) is 14.8. The zero-order valence-corrected chi connectivity index (χ0v) is 19.5. The number of thiophene rings is 1. The van der Waals surface area contributed by atoms with E-state index in [1.165, 1.54) is 28.8 Å². The molecule has 3 heterocycles. The van der Waals surface area contributed by atoms with Gasteiger partial charge in [0.1, 0.15) is 4.21 Å². The highest BCUT2D eigenvalue weighted by Gasteiger charge is 2.33. The van der Waals surface area contributed by atoms with Crippen LogP contribution >= 0.6 is 34.3 Å². The molecule has 1 aliphatic heterocycles. The maximum absolute atomic E-state index is 12.7. The first-order valence-corrected chi connectivity index (χ1v) is 12.8. The summed E-state index contributed by atoms with van der Waals surface area (Å²) in [6.45, 7) is 0.524. The predicted octanol–water partition coefficient (Wildman–Crippen LogP) is 3.84. The van der Waals surface area contributed by atoms with Crippen molar-refractivity contribution in [3.8, 4) is 0 Å². The highest BCUT2D eigenvalue weighted by molar-refractivity contribution is 7.91. The molecule has 8 nitrogen and oxygen atoms in total. The largest absolute Gasteiger partial charge is 0.465 e. The normalized spacial score (nSPS) is 15.8. The minimum absolute atomic E-state index is 0.191. The minimum Gasteiger partial charge on any atom is -0.465 e. The number of esters is 1. The second-order valence-electron chi connectivity index (χ2n) is 6.92. The molecule has 1 saturated heterocycles. The molecule has 0 unspecified atom stereocenters. The lowest BCUT2D eigenvalue weighted by Crippen LogP contribution is -2.41. The van der Waals surface area contributed by atoms with E-state index in [-0.39, 0.29) is 29.1 Å². The number of hydrogen-bond donors (Lipinski definition) is 1. The minimum atomic E-state index is -3.59. The summed E-state index contributed by atoms with van der Waals surface area (Å²) in [5, 5.41) is 3.26. The molecule has 3 aromatic rings. The number of fused-ring (bicyclic) bond motifs is 1. The number of carbonyl (C=O) groups excluding carboxylic acids is 2. The fourth-order valence-corrected chi connectivity index (χ4v) is 7.37. The molecule has 0 spiro atoms. The number of methoxy groups -OCH3 is 1. The van der Waals surface area contributed by atoms with E-state index in [4.69, 9.17) is 16.3 Å². The van der Waals surface area contributed by atoms with Crippen LogP contribution in [-0.4, -0.2) is 49.8 Å². The van der Waals surface area contributed by atoms with Gasteiger partial charge in [-0.25, -0.2) is 18.2 Å². The third-order valence-electron chi connectivity index (χ3n) is 5.01. The van der Waals surface area contributed by atoms with Crippen molar-refractivity contribution in [2.24, 2.45) is 5.92 Å². The average Bonchev–Trinajstić information content (AvgIpc) is 3.38. The summed E-state index contributed by atoms with van der Waals surface area (Å²) in [4.78, 5) is 28.8. The molecule has 1 N–H and O–H groups in total. The van der Waals surface area contributed by atoms with Gasteiger partial charge in [0.2, 0.25) is 5.91 Å². The lowest BCUT2D eigenvalue weighted by atomic mass is 9.97. The topological polar surface area (TPSA) is 106 Å². The second kappa shape index (κ2) is 8.83. The molecular formula is C19H18ClN3O5S3. The van der Waals surface area contributed by atoms with Gasteiger partial charge in [-0.05, 0) is 43.2 Å². The van der Waals surface area contributed by atoms with Crippen molar-refractivity contribution in [1.29, 1.82) is 0 Å². The van der Waals surface area contributed by atoms with E-state index in [0.29, 0.717) is 33.4 Å². The summed E-state index contributed by atoms with van der Waals surface area (Å²) in [7, 11) is -2.28. The Bertz CT molecular complexity index is 1250. The molecule has 0 saturated carbocycles. The van der Waals surface area contributed by atoms with Gasteiger partial charge >= 0.3 is 5.97 Å². The molecule has 1 aliphatic rings. The van der Waals surface area contributed by atoms with Gasteiger partial charge in [-0.3, -0.25) is 4.79 Å². The number of piperidine rings is 1. The van der Waals surface area contributed by atoms with E-state index in [2.05, 4.69) is 10.3 Å². The predicted molar refractivity (Wildman–Crippen MR) is 120 cm³/mol. The maximum Gasteiger partial charge on any atom is 0.337 e. The standard InChI is InChI=1S/C19H18ClN3O5S3/c1-28-18(25)12-2-3-13-14(10-12)29-19(21-13)22-17(24)11-6-8-23(9-7-11)31(26,27)16-5-4-15(20)30-16/h2-5,10-11H,6-9H2,1H3,(H,21,22,24). The van der Waals surface area contributed by atoms with E-state index in [1.807, 2.05) is 0 Å². The number of anilines is 1. The molecule has 164 valence electrons. The Morgan fingerprint density at radius 3 is 2.58 bits per heavy atom. The summed E-state index contributed by atoms with van der Waals surface area (Å²) < 4.78 is 32.9. The third-order valence-corrected chi connectivity index (χ3v) is 9.54. The number of sulfonamides is 1. The van der Waals surface area contributed by atoms with Gasteiger partial charge in [0.05, 0.1) is 27.2 Å². The van der Waals surface area contributed by atoms with Gasteiger partial charge in [-0.15, -0.1) is 11.3 Å². The van der Waals surface area contributed by atoms with Gasteiger partial charge < -0.3 is 10.1 Å². The number of ether oxygens (including phenoxy) is 1. The van der Waals surface area contributed by atoms with Crippen molar-refractivity contribution < 1.29 is 22.7 Å². The lowest BCUT2D eigenvalue weighted by Gasteiger charge is -2.29. The van der Waals surface area contributed by atoms with Crippen LogP contribution in [0, 0.1) is 5.92 Å². The van der Waals surface area contributed by atoms with Crippen molar-refractivity contribution >= 4 is 71.5 Å². The SMILES string of the molecule is COC(=O)c1ccc2nc(NC(=O)C3CCN(S(=O)(=O)c4ccc(Cl)s4)CC3)sc2c1. The Morgan fingerprint density at radius 1 is 1.19 bits per heavy atom. The Morgan fingerprint density at radius 2 is 1.94 bits per heavy atom. The number of halogens is 1. The molecule has 4 rings (SSSR count). The molecular weight excluding hydrogens is 482 g/mol. The summed E-state index contributed by atoms with van der Waals surface area (Å²) in [6.07, 6.45) is 0.836. The molecule has 2 aromatic heterocycles. The number of carbonyl (C=O) groups is 2. The zero-order chi connectivity index (χ0) is 22.2. The van der Waals surface area contributed by atoms with Crippen molar-refractivity contribution in [3.05, 3.63) is 40.2 Å². The molecule has 1 amide bonds. The molecule has 12 heteroatoms. The van der Waals surface area contributed by atoms with E-state index in [9.17, 15) is 18.0 Å². The van der Waals surface area contributed by atoms with Gasteiger partial charge in [0, 0.05) is 19.0 Å². The van der Waals surface area contributed by atoms with Crippen LogP contribution in [0.4, 0.5) is 5.13 Å². The molecule has 0 atom stereocenters. The summed E-state index contributed by atoms with van der Waals surface area (Å²) in [5.74, 6) is -0.938. The van der Waals surface area contributed by atoms with Crippen LogP contribution in [0.1, 0.15) is 23.2 Å². The smallest absolute Gasteiger partial charge is 0.337 e. The number of amides is 1. The Labute approximate surface area is 191 Å². The Hall–Kier alpha value is -2.05. The van der Waals surface area contributed by atoms with Crippen molar-refractivity contribution in [2.45, 2.75) is 17.1 Å². The monoisotopic (exact) mass is 499 g/mol. The van der Waals surface area contributed by atoms with Crippen LogP contribution in [0.2, 0.25) is 4.34 Å². The van der Waals surface area contributed by atoms with Crippen LogP contribution in [0.3, 0.4) is 0 Å². The van der Waals surface area contributed by atoms with E-state index in [1.54, 1.807) is 24.3 Å². The fourth-order valence-electron chi connectivity index (χ4n) is 3.35. The fraction of sp³-hybridized carbons (Fsp3) is 0.316. The van der Waals surface area contributed by atoms with Crippen LogP contribution in [0.25, 0.3) is 10.2 Å². The molecule has 1 aromatic carbocycles. The summed E-state index contributed by atoms with van der Waals surface area (Å²) in [5.41, 5.74) is 1.08. The number of nitrogens with zero attached hydrogens (tertiary/aromatic N) is 2. The van der Waals surface area contributed by atoms with Gasteiger partial charge in [-0.1, -0.05) is 22.9 Å². The molecule has 31 heavy (non-hydrogen) atoms. The number of rotatable bonds is 5. The van der Waals surface area contributed by atoms with Crippen molar-refractivity contribution in [3.63, 3.8) is 0 Å². The molecule has 0 radical (unpaired) electrons. The van der Waals surface area contributed by atoms with Gasteiger partial charge in [0.15, 0.2) is 5.13 Å². The Balaban J connectivity index is 1.39. The van der Waals surface area contributed by atoms with E-state index in [0.717, 1.165) is 16.0 Å². The second-order valence-corrected chi connectivity index (χ2v) is 11.8. The van der Waals surface area contributed by atoms with E-state index >= 15 is 0 Å². The highest BCUT2D eigenvalue weighted by Crippen LogP contribution is 2.32. The maximum atomic E-state index is 12.7. The highest BCUT2D eigenvalue weighted by atomic mass is 35.5. The van der Waals surface area contributed by atoms with E-state index < -0.39 is 16.0 Å². The zero-order valence-electron chi connectivity index (χ0n) is 16.3. The number of hydrogen-bond acceptors (Lipinski definition) is 8. The lowest BCUT2D eigenvalue weighted by molar-refractivity contribution is -0.120. The quantitative estimate of drug-likeness (QED) is 0.535. The number of aromatic nitrogens is 1. The van der Waals surface area contributed by atoms with Gasteiger partial charge in [0.25, 0.3) is 10.0 Å². The van der Waals surface area contributed by atoms with Crippen LogP contribution in [-0.2, 0) is 19.6 Å². The Kier molecular flexibility index (Phi) is 6.31. The number of thiazole rings is 1. The first-order valence-electron chi connectivity index (χ1n) is 9.33. The average molecular weight is 500 g/mol. The van der Waals surface area contributed by atoms with Crippen molar-refractivity contribution in [1.82, 2.24) is 9.29 Å². The third kappa shape index (κ3) is 4.60. The number of nitrogens with one attached hydrogen (secondary N) is 1. The molecule has 1 fully saturated rings. The van der Waals surface area contributed by atoms with Gasteiger partial charge in [-0.2, -0.15) is 4.31 Å².